The maximum Gasteiger partial charge on any atom is 0.325 e. The molecule has 0 aliphatic carbocycles. The molecule has 0 heterocycles. The summed E-state index contributed by atoms with van der Waals surface area (Å²) in [5.74, 6) is -0.929. The second kappa shape index (κ2) is 8.16. The van der Waals surface area contributed by atoms with Gasteiger partial charge in [-0.25, -0.2) is 17.5 Å². The summed E-state index contributed by atoms with van der Waals surface area (Å²) in [5.41, 5.74) is 0.136. The van der Waals surface area contributed by atoms with Gasteiger partial charge in [-0.2, -0.15) is 0 Å². The Morgan fingerprint density at radius 2 is 1.91 bits per heavy atom. The monoisotopic (exact) mass is 401 g/mol. The molecule has 1 rings (SSSR count). The highest BCUT2D eigenvalue weighted by molar-refractivity contribution is 7.89. The van der Waals surface area contributed by atoms with E-state index in [1.807, 2.05) is 5.32 Å². The van der Waals surface area contributed by atoms with Gasteiger partial charge in [0.05, 0.1) is 5.02 Å². The highest BCUT2D eigenvalue weighted by Gasteiger charge is 2.22. The molecule has 0 aliphatic heterocycles. The zero-order valence-corrected chi connectivity index (χ0v) is 15.2. The fourth-order valence-electron chi connectivity index (χ4n) is 1.40. The van der Waals surface area contributed by atoms with E-state index in [4.69, 9.17) is 34.8 Å². The van der Waals surface area contributed by atoms with Gasteiger partial charge in [0.1, 0.15) is 10.3 Å². The summed E-state index contributed by atoms with van der Waals surface area (Å²) in [6.45, 7) is 0. The van der Waals surface area contributed by atoms with Gasteiger partial charge < -0.3 is 5.32 Å². The van der Waals surface area contributed by atoms with Crippen molar-refractivity contribution in [3.63, 3.8) is 0 Å². The summed E-state index contributed by atoms with van der Waals surface area (Å²) in [5, 5.41) is 3.24. The lowest BCUT2D eigenvalue weighted by atomic mass is 10.3. The predicted octanol–water partition coefficient (Wildman–Crippen LogP) is 2.08. The molecule has 0 fully saturated rings. The van der Waals surface area contributed by atoms with Crippen LogP contribution in [-0.2, 0) is 14.8 Å². The lowest BCUT2D eigenvalue weighted by Crippen LogP contribution is -2.39. The van der Waals surface area contributed by atoms with Crippen molar-refractivity contribution in [1.29, 1.82) is 0 Å². The van der Waals surface area contributed by atoms with Crippen molar-refractivity contribution in [1.82, 2.24) is 9.62 Å². The molecule has 0 spiro atoms. The first-order valence-corrected chi connectivity index (χ1v) is 8.92. The molecule has 0 radical (unpaired) electrons. The lowest BCUT2D eigenvalue weighted by molar-refractivity contribution is -0.119. The highest BCUT2D eigenvalue weighted by atomic mass is 35.5. The van der Waals surface area contributed by atoms with Gasteiger partial charge in [-0.15, -0.1) is 23.2 Å². The maximum absolute atomic E-state index is 12.1. The van der Waals surface area contributed by atoms with E-state index in [1.165, 1.54) is 32.3 Å². The molecule has 1 atom stereocenters. The Labute approximate surface area is 148 Å². The van der Waals surface area contributed by atoms with Crippen molar-refractivity contribution < 1.29 is 18.0 Å². The number of benzene rings is 1. The third kappa shape index (κ3) is 5.22. The van der Waals surface area contributed by atoms with Gasteiger partial charge >= 0.3 is 6.03 Å². The number of hydrogen-bond acceptors (Lipinski definition) is 4. The number of halogens is 3. The number of nitrogens with one attached hydrogen (secondary N) is 2. The number of alkyl halides is 2. The minimum absolute atomic E-state index is 0.00342. The van der Waals surface area contributed by atoms with Crippen molar-refractivity contribution >= 4 is 62.5 Å². The van der Waals surface area contributed by atoms with Crippen LogP contribution in [0.15, 0.2) is 23.1 Å². The average Bonchev–Trinajstić information content (AvgIpc) is 2.47. The number of carbonyl (C=O) groups is 2. The van der Waals surface area contributed by atoms with Crippen LogP contribution in [0.4, 0.5) is 10.5 Å². The lowest BCUT2D eigenvalue weighted by Gasteiger charge is -2.14. The first-order chi connectivity index (χ1) is 10.6. The van der Waals surface area contributed by atoms with Crippen molar-refractivity contribution in [2.75, 3.05) is 25.3 Å². The van der Waals surface area contributed by atoms with Gasteiger partial charge in [0.25, 0.3) is 0 Å². The van der Waals surface area contributed by atoms with Crippen LogP contribution in [0.25, 0.3) is 0 Å². The van der Waals surface area contributed by atoms with E-state index >= 15 is 0 Å². The number of hydrogen-bond donors (Lipinski definition) is 2. The Morgan fingerprint density at radius 1 is 1.30 bits per heavy atom. The van der Waals surface area contributed by atoms with Crippen LogP contribution in [0, 0.1) is 0 Å². The van der Waals surface area contributed by atoms with Crippen molar-refractivity contribution in [3.8, 4) is 0 Å². The number of urea groups is 1. The van der Waals surface area contributed by atoms with E-state index in [0.29, 0.717) is 0 Å². The van der Waals surface area contributed by atoms with Crippen LogP contribution >= 0.6 is 34.8 Å². The molecule has 0 bridgehead atoms. The molecule has 1 aromatic rings. The standard InChI is InChI=1S/C12H14Cl3N3O4S/c1-18(2)23(21,22)10-5-7(3-4-8(10)14)16-12(20)17-11(19)9(15)6-13/h3-5,9H,6H2,1-2H3,(H2,16,17,19,20). The van der Waals surface area contributed by atoms with Crippen molar-refractivity contribution in [3.05, 3.63) is 23.2 Å². The molecule has 0 aromatic heterocycles. The molecular weight excluding hydrogens is 389 g/mol. The van der Waals surface area contributed by atoms with E-state index in [1.54, 1.807) is 0 Å². The SMILES string of the molecule is CN(C)S(=O)(=O)c1cc(NC(=O)NC(=O)C(Cl)CCl)ccc1Cl. The van der Waals surface area contributed by atoms with Crippen LogP contribution < -0.4 is 10.6 Å². The molecule has 11 heteroatoms. The van der Waals surface area contributed by atoms with Crippen LogP contribution in [0.1, 0.15) is 0 Å². The van der Waals surface area contributed by atoms with E-state index < -0.39 is 27.3 Å². The summed E-state index contributed by atoms with van der Waals surface area (Å²) in [7, 11) is -1.08. The molecule has 7 nitrogen and oxygen atoms in total. The number of imide groups is 1. The van der Waals surface area contributed by atoms with Crippen molar-refractivity contribution in [2.45, 2.75) is 10.3 Å². The molecular formula is C12H14Cl3N3O4S. The number of nitrogens with zero attached hydrogens (tertiary/aromatic N) is 1. The summed E-state index contributed by atoms with van der Waals surface area (Å²) < 4.78 is 25.2. The van der Waals surface area contributed by atoms with Gasteiger partial charge in [0, 0.05) is 25.7 Å². The number of amides is 3. The third-order valence-electron chi connectivity index (χ3n) is 2.60. The Hall–Kier alpha value is -1.06. The molecule has 23 heavy (non-hydrogen) atoms. The van der Waals surface area contributed by atoms with Gasteiger partial charge in [-0.3, -0.25) is 10.1 Å². The maximum atomic E-state index is 12.1. The molecule has 0 aliphatic rings. The zero-order chi connectivity index (χ0) is 17.8. The van der Waals surface area contributed by atoms with E-state index in [9.17, 15) is 18.0 Å². The Balaban J connectivity index is 2.96. The summed E-state index contributed by atoms with van der Waals surface area (Å²) in [4.78, 5) is 22.9. The molecule has 1 unspecified atom stereocenters. The van der Waals surface area contributed by atoms with E-state index in [0.717, 1.165) is 4.31 Å². The number of carbonyl (C=O) groups excluding carboxylic acids is 2. The normalized spacial score (nSPS) is 12.8. The quantitative estimate of drug-likeness (QED) is 0.737. The Bertz CT molecular complexity index is 710. The molecule has 0 saturated heterocycles. The molecule has 128 valence electrons. The molecule has 1 aromatic carbocycles. The van der Waals surface area contributed by atoms with Crippen LogP contribution in [0.3, 0.4) is 0 Å². The first-order valence-electron chi connectivity index (χ1n) is 6.13. The predicted molar refractivity (Wildman–Crippen MR) is 89.8 cm³/mol. The fraction of sp³-hybridized carbons (Fsp3) is 0.333. The minimum atomic E-state index is -3.78. The van der Waals surface area contributed by atoms with E-state index in [-0.39, 0.29) is 21.5 Å². The summed E-state index contributed by atoms with van der Waals surface area (Å²) in [6.07, 6.45) is 0. The summed E-state index contributed by atoms with van der Waals surface area (Å²) in [6, 6.07) is 3.02. The topological polar surface area (TPSA) is 95.6 Å². The molecule has 2 N–H and O–H groups in total. The molecule has 0 saturated carbocycles. The number of rotatable bonds is 5. The smallest absolute Gasteiger partial charge is 0.308 e. The molecule has 3 amide bonds. The number of anilines is 1. The van der Waals surface area contributed by atoms with Gasteiger partial charge in [0.2, 0.25) is 15.9 Å². The minimum Gasteiger partial charge on any atom is -0.308 e. The fourth-order valence-corrected chi connectivity index (χ4v) is 2.99. The van der Waals surface area contributed by atoms with Gasteiger partial charge in [0.15, 0.2) is 0 Å². The van der Waals surface area contributed by atoms with Gasteiger partial charge in [-0.1, -0.05) is 11.6 Å². The number of sulfonamides is 1. The van der Waals surface area contributed by atoms with E-state index in [2.05, 4.69) is 5.32 Å². The Kier molecular flexibility index (Phi) is 7.09. The van der Waals surface area contributed by atoms with Gasteiger partial charge in [-0.05, 0) is 18.2 Å². The zero-order valence-electron chi connectivity index (χ0n) is 12.1. The Morgan fingerprint density at radius 3 is 2.43 bits per heavy atom. The third-order valence-corrected chi connectivity index (χ3v) is 5.72. The first kappa shape index (κ1) is 20.0. The second-order valence-corrected chi connectivity index (χ2v) is 7.86. The second-order valence-electron chi connectivity index (χ2n) is 4.50. The summed E-state index contributed by atoms with van der Waals surface area (Å²) >= 11 is 16.9. The highest BCUT2D eigenvalue weighted by Crippen LogP contribution is 2.26. The van der Waals surface area contributed by atoms with Crippen molar-refractivity contribution in [2.24, 2.45) is 0 Å². The van der Waals surface area contributed by atoms with Crippen LogP contribution in [0.5, 0.6) is 0 Å². The van der Waals surface area contributed by atoms with Crippen LogP contribution in [0.2, 0.25) is 5.02 Å². The van der Waals surface area contributed by atoms with Crippen LogP contribution in [-0.4, -0.2) is 50.0 Å². The largest absolute Gasteiger partial charge is 0.325 e. The average molecular weight is 403 g/mol.